The van der Waals surface area contributed by atoms with Crippen LogP contribution in [-0.2, 0) is 19.6 Å². The van der Waals surface area contributed by atoms with E-state index in [1.54, 1.807) is 28.7 Å². The maximum atomic E-state index is 12.5. The first-order valence-electron chi connectivity index (χ1n) is 7.29. The number of thiophene rings is 1. The lowest BCUT2D eigenvalue weighted by Gasteiger charge is -2.21. The van der Waals surface area contributed by atoms with Crippen LogP contribution in [-0.4, -0.2) is 15.9 Å². The van der Waals surface area contributed by atoms with Gasteiger partial charge in [0.05, 0.1) is 31.6 Å². The molecule has 0 aliphatic heterocycles. The summed E-state index contributed by atoms with van der Waals surface area (Å²) >= 11 is 1.62. The smallest absolute Gasteiger partial charge is 0.318 e. The van der Waals surface area contributed by atoms with E-state index in [-0.39, 0.29) is 6.03 Å². The van der Waals surface area contributed by atoms with Crippen LogP contribution in [0.25, 0.3) is 0 Å². The second-order valence-electron chi connectivity index (χ2n) is 4.99. The number of nitrogens with one attached hydrogen (secondary N) is 1. The molecule has 3 rings (SSSR count). The average Bonchev–Trinajstić information content (AvgIpc) is 3.26. The van der Waals surface area contributed by atoms with Crippen molar-refractivity contribution in [3.63, 3.8) is 0 Å². The molecule has 0 fully saturated rings. The normalized spacial score (nSPS) is 10.4. The standard InChI is InChI=1S/C17H17N3O2S/c21-17(19-11-16-7-4-10-23-16)20(13-15-6-3-9-22-15)12-14-5-1-2-8-18-14/h1-10H,11-13H2,(H,19,21). The van der Waals surface area contributed by atoms with E-state index in [1.807, 2.05) is 47.8 Å². The largest absolute Gasteiger partial charge is 0.467 e. The summed E-state index contributed by atoms with van der Waals surface area (Å²) in [4.78, 5) is 19.6. The third kappa shape index (κ3) is 4.43. The molecule has 0 spiro atoms. The Morgan fingerprint density at radius 1 is 1.17 bits per heavy atom. The Balaban J connectivity index is 1.67. The molecule has 3 aromatic heterocycles. The number of hydrogen-bond donors (Lipinski definition) is 1. The number of hydrogen-bond acceptors (Lipinski definition) is 4. The fourth-order valence-electron chi connectivity index (χ4n) is 2.17. The van der Waals surface area contributed by atoms with E-state index in [0.717, 1.165) is 16.3 Å². The Kier molecular flexibility index (Phi) is 5.06. The SMILES string of the molecule is O=C(NCc1cccs1)N(Cc1ccccn1)Cc1ccco1. The number of carbonyl (C=O) groups is 1. The third-order valence-electron chi connectivity index (χ3n) is 3.29. The minimum absolute atomic E-state index is 0.138. The van der Waals surface area contributed by atoms with Gasteiger partial charge >= 0.3 is 6.03 Å². The van der Waals surface area contributed by atoms with Gasteiger partial charge < -0.3 is 14.6 Å². The van der Waals surface area contributed by atoms with Gasteiger partial charge in [0, 0.05) is 11.1 Å². The van der Waals surface area contributed by atoms with Crippen molar-refractivity contribution < 1.29 is 9.21 Å². The summed E-state index contributed by atoms with van der Waals surface area (Å²) in [6, 6.07) is 13.2. The monoisotopic (exact) mass is 327 g/mol. The molecular weight excluding hydrogens is 310 g/mol. The van der Waals surface area contributed by atoms with Crippen molar-refractivity contribution in [1.82, 2.24) is 15.2 Å². The molecule has 118 valence electrons. The van der Waals surface area contributed by atoms with Crippen molar-refractivity contribution in [3.05, 3.63) is 76.6 Å². The van der Waals surface area contributed by atoms with Gasteiger partial charge in [-0.3, -0.25) is 4.98 Å². The van der Waals surface area contributed by atoms with Gasteiger partial charge in [-0.1, -0.05) is 12.1 Å². The predicted molar refractivity (Wildman–Crippen MR) is 88.7 cm³/mol. The summed E-state index contributed by atoms with van der Waals surface area (Å²) in [5, 5.41) is 4.94. The van der Waals surface area contributed by atoms with Gasteiger partial charge in [0.2, 0.25) is 0 Å². The number of carbonyl (C=O) groups excluding carboxylic acids is 1. The molecule has 3 aromatic rings. The number of amides is 2. The first kappa shape index (κ1) is 15.3. The summed E-state index contributed by atoms with van der Waals surface area (Å²) in [5.41, 5.74) is 0.838. The number of pyridine rings is 1. The van der Waals surface area contributed by atoms with Gasteiger partial charge in [0.15, 0.2) is 0 Å². The molecule has 0 saturated heterocycles. The minimum Gasteiger partial charge on any atom is -0.467 e. The third-order valence-corrected chi connectivity index (χ3v) is 4.16. The van der Waals surface area contributed by atoms with E-state index in [2.05, 4.69) is 10.3 Å². The molecule has 0 saturated carbocycles. The predicted octanol–water partition coefficient (Wildman–Crippen LogP) is 3.65. The number of rotatable bonds is 6. The van der Waals surface area contributed by atoms with Crippen molar-refractivity contribution in [2.24, 2.45) is 0 Å². The fraction of sp³-hybridized carbons (Fsp3) is 0.176. The highest BCUT2D eigenvalue weighted by Gasteiger charge is 2.16. The Labute approximate surface area is 138 Å². The summed E-state index contributed by atoms with van der Waals surface area (Å²) < 4.78 is 5.36. The van der Waals surface area contributed by atoms with Crippen LogP contribution in [0.15, 0.2) is 64.7 Å². The minimum atomic E-state index is -0.138. The average molecular weight is 327 g/mol. The summed E-state index contributed by atoms with van der Waals surface area (Å²) in [7, 11) is 0. The maximum absolute atomic E-state index is 12.5. The second kappa shape index (κ2) is 7.60. The van der Waals surface area contributed by atoms with Crippen molar-refractivity contribution in [3.8, 4) is 0 Å². The van der Waals surface area contributed by atoms with Crippen molar-refractivity contribution in [2.75, 3.05) is 0 Å². The molecule has 23 heavy (non-hydrogen) atoms. The Hall–Kier alpha value is -2.60. The molecular formula is C17H17N3O2S. The molecule has 0 aliphatic carbocycles. The van der Waals surface area contributed by atoms with Crippen LogP contribution in [0, 0.1) is 0 Å². The van der Waals surface area contributed by atoms with Gasteiger partial charge in [-0.05, 0) is 35.7 Å². The Morgan fingerprint density at radius 2 is 2.13 bits per heavy atom. The molecule has 1 N–H and O–H groups in total. The van der Waals surface area contributed by atoms with Crippen molar-refractivity contribution >= 4 is 17.4 Å². The zero-order chi connectivity index (χ0) is 15.9. The van der Waals surface area contributed by atoms with Crippen LogP contribution < -0.4 is 5.32 Å². The van der Waals surface area contributed by atoms with Gasteiger partial charge in [0.1, 0.15) is 5.76 Å². The van der Waals surface area contributed by atoms with Crippen LogP contribution in [0.5, 0.6) is 0 Å². The van der Waals surface area contributed by atoms with Gasteiger partial charge in [-0.25, -0.2) is 4.79 Å². The van der Waals surface area contributed by atoms with Crippen LogP contribution in [0.3, 0.4) is 0 Å². The summed E-state index contributed by atoms with van der Waals surface area (Å²) in [6.45, 7) is 1.35. The number of furan rings is 1. The van der Waals surface area contributed by atoms with Crippen molar-refractivity contribution in [1.29, 1.82) is 0 Å². The summed E-state index contributed by atoms with van der Waals surface area (Å²) in [6.07, 6.45) is 3.34. The van der Waals surface area contributed by atoms with Crippen LogP contribution >= 0.6 is 11.3 Å². The van der Waals surface area contributed by atoms with Gasteiger partial charge in [0.25, 0.3) is 0 Å². The maximum Gasteiger partial charge on any atom is 0.318 e. The Bertz CT molecular complexity index is 712. The lowest BCUT2D eigenvalue weighted by atomic mass is 10.3. The zero-order valence-electron chi connectivity index (χ0n) is 12.5. The van der Waals surface area contributed by atoms with E-state index in [1.165, 1.54) is 0 Å². The van der Waals surface area contributed by atoms with Gasteiger partial charge in [-0.2, -0.15) is 0 Å². The van der Waals surface area contributed by atoms with E-state index >= 15 is 0 Å². The van der Waals surface area contributed by atoms with E-state index in [0.29, 0.717) is 19.6 Å². The molecule has 0 radical (unpaired) electrons. The quantitative estimate of drug-likeness (QED) is 0.752. The van der Waals surface area contributed by atoms with Crippen molar-refractivity contribution in [2.45, 2.75) is 19.6 Å². The van der Waals surface area contributed by atoms with Gasteiger partial charge in [-0.15, -0.1) is 11.3 Å². The Morgan fingerprint density at radius 3 is 2.83 bits per heavy atom. The highest BCUT2D eigenvalue weighted by atomic mass is 32.1. The molecule has 0 unspecified atom stereocenters. The molecule has 0 aromatic carbocycles. The summed E-state index contributed by atoms with van der Waals surface area (Å²) in [5.74, 6) is 0.743. The highest BCUT2D eigenvalue weighted by Crippen LogP contribution is 2.11. The van der Waals surface area contributed by atoms with E-state index in [9.17, 15) is 4.79 Å². The first-order chi connectivity index (χ1) is 11.3. The molecule has 0 atom stereocenters. The molecule has 6 heteroatoms. The topological polar surface area (TPSA) is 58.4 Å². The fourth-order valence-corrected chi connectivity index (χ4v) is 2.81. The lowest BCUT2D eigenvalue weighted by molar-refractivity contribution is 0.186. The molecule has 3 heterocycles. The van der Waals surface area contributed by atoms with Crippen LogP contribution in [0.1, 0.15) is 16.3 Å². The second-order valence-corrected chi connectivity index (χ2v) is 6.03. The first-order valence-corrected chi connectivity index (χ1v) is 8.16. The highest BCUT2D eigenvalue weighted by molar-refractivity contribution is 7.09. The lowest BCUT2D eigenvalue weighted by Crippen LogP contribution is -2.38. The molecule has 0 aliphatic rings. The molecule has 5 nitrogen and oxygen atoms in total. The number of nitrogens with zero attached hydrogens (tertiary/aromatic N) is 2. The zero-order valence-corrected chi connectivity index (χ0v) is 13.3. The van der Waals surface area contributed by atoms with Crippen LogP contribution in [0.4, 0.5) is 4.79 Å². The molecule has 2 amide bonds. The molecule has 0 bridgehead atoms. The number of aromatic nitrogens is 1. The van der Waals surface area contributed by atoms with E-state index in [4.69, 9.17) is 4.42 Å². The van der Waals surface area contributed by atoms with E-state index < -0.39 is 0 Å². The van der Waals surface area contributed by atoms with Crippen LogP contribution in [0.2, 0.25) is 0 Å². The number of urea groups is 1.